The third kappa shape index (κ3) is 2.13. The van der Waals surface area contributed by atoms with E-state index in [-0.39, 0.29) is 11.6 Å². The molecule has 0 unspecified atom stereocenters. The molecule has 0 saturated heterocycles. The Kier molecular flexibility index (Phi) is 2.84. The summed E-state index contributed by atoms with van der Waals surface area (Å²) in [5, 5.41) is 15.9. The molecule has 0 aliphatic rings. The van der Waals surface area contributed by atoms with E-state index in [4.69, 9.17) is 0 Å². The van der Waals surface area contributed by atoms with E-state index >= 15 is 0 Å². The number of nitrogens with zero attached hydrogens (tertiary/aromatic N) is 4. The van der Waals surface area contributed by atoms with Gasteiger partial charge < -0.3 is 15.4 Å². The molecule has 19 heavy (non-hydrogen) atoms. The third-order valence-corrected chi connectivity index (χ3v) is 3.38. The zero-order chi connectivity index (χ0) is 13.2. The van der Waals surface area contributed by atoms with Gasteiger partial charge in [-0.25, -0.2) is 0 Å². The summed E-state index contributed by atoms with van der Waals surface area (Å²) >= 11 is 1.36. The lowest BCUT2D eigenvalue weighted by atomic mass is 10.3. The van der Waals surface area contributed by atoms with Crippen LogP contribution in [0.15, 0.2) is 36.1 Å². The van der Waals surface area contributed by atoms with Crippen LogP contribution in [0.5, 0.6) is 0 Å². The quantitative estimate of drug-likeness (QED) is 0.583. The molecule has 96 valence electrons. The second-order valence-electron chi connectivity index (χ2n) is 3.81. The van der Waals surface area contributed by atoms with Crippen molar-refractivity contribution in [2.75, 3.05) is 5.32 Å². The van der Waals surface area contributed by atoms with Gasteiger partial charge in [0.05, 0.1) is 0 Å². The van der Waals surface area contributed by atoms with Crippen molar-refractivity contribution in [2.45, 2.75) is 6.54 Å². The van der Waals surface area contributed by atoms with E-state index in [0.717, 1.165) is 5.56 Å². The number of rotatable bonds is 4. The first-order chi connectivity index (χ1) is 9.25. The molecule has 0 aliphatic carbocycles. The van der Waals surface area contributed by atoms with E-state index in [1.165, 1.54) is 15.7 Å². The molecule has 0 aliphatic heterocycles. The Morgan fingerprint density at radius 2 is 2.21 bits per heavy atom. The SMILES string of the molecule is O=[N+]([O-])c1c(NCc2ccncc2)nc2sccn12. The van der Waals surface area contributed by atoms with Gasteiger partial charge in [0.2, 0.25) is 5.82 Å². The van der Waals surface area contributed by atoms with Gasteiger partial charge in [0.1, 0.15) is 6.20 Å². The van der Waals surface area contributed by atoms with Crippen LogP contribution in [0.1, 0.15) is 5.56 Å². The van der Waals surface area contributed by atoms with Gasteiger partial charge in [-0.1, -0.05) is 11.3 Å². The average Bonchev–Trinajstić information content (AvgIpc) is 2.96. The molecule has 0 bridgehead atoms. The van der Waals surface area contributed by atoms with Crippen molar-refractivity contribution in [3.05, 3.63) is 51.8 Å². The van der Waals surface area contributed by atoms with Gasteiger partial charge in [0, 0.05) is 24.3 Å². The lowest BCUT2D eigenvalue weighted by molar-refractivity contribution is -0.389. The first kappa shape index (κ1) is 11.6. The van der Waals surface area contributed by atoms with E-state index in [2.05, 4.69) is 15.3 Å². The van der Waals surface area contributed by atoms with E-state index in [1.807, 2.05) is 12.1 Å². The molecule has 8 heteroatoms. The Hall–Kier alpha value is -2.48. The number of pyridine rings is 1. The molecule has 0 atom stereocenters. The first-order valence-electron chi connectivity index (χ1n) is 5.48. The summed E-state index contributed by atoms with van der Waals surface area (Å²) in [6, 6.07) is 3.69. The summed E-state index contributed by atoms with van der Waals surface area (Å²) in [6.07, 6.45) is 5.00. The Balaban J connectivity index is 1.90. The summed E-state index contributed by atoms with van der Waals surface area (Å²) in [7, 11) is 0. The first-order valence-corrected chi connectivity index (χ1v) is 6.36. The molecule has 1 N–H and O–H groups in total. The molecule has 3 rings (SSSR count). The molecule has 0 spiro atoms. The zero-order valence-electron chi connectivity index (χ0n) is 9.68. The van der Waals surface area contributed by atoms with Crippen molar-refractivity contribution in [1.82, 2.24) is 14.4 Å². The summed E-state index contributed by atoms with van der Waals surface area (Å²) in [4.78, 5) is 19.4. The standard InChI is InChI=1S/C11H9N5O2S/c17-16(18)10-9(14-11-15(10)5-6-19-11)13-7-8-1-3-12-4-2-8/h1-6,13H,7H2. The topological polar surface area (TPSA) is 85.4 Å². The van der Waals surface area contributed by atoms with Gasteiger partial charge in [-0.2, -0.15) is 9.38 Å². The number of nitrogens with one attached hydrogen (secondary N) is 1. The van der Waals surface area contributed by atoms with Crippen molar-refractivity contribution < 1.29 is 4.92 Å². The number of thiazole rings is 1. The maximum absolute atomic E-state index is 11.1. The Morgan fingerprint density at radius 3 is 2.95 bits per heavy atom. The predicted octanol–water partition coefficient (Wildman–Crippen LogP) is 2.31. The molecule has 7 nitrogen and oxygen atoms in total. The maximum Gasteiger partial charge on any atom is 0.372 e. The molecule has 0 saturated carbocycles. The minimum Gasteiger partial charge on any atom is -0.359 e. The van der Waals surface area contributed by atoms with Crippen molar-refractivity contribution in [1.29, 1.82) is 0 Å². The molecule has 0 amide bonds. The highest BCUT2D eigenvalue weighted by Crippen LogP contribution is 2.28. The lowest BCUT2D eigenvalue weighted by Gasteiger charge is -2.02. The fourth-order valence-electron chi connectivity index (χ4n) is 1.75. The minimum atomic E-state index is -0.429. The highest BCUT2D eigenvalue weighted by atomic mass is 32.1. The molecule has 0 radical (unpaired) electrons. The van der Waals surface area contributed by atoms with E-state index < -0.39 is 4.92 Å². The molecular formula is C11H9N5O2S. The number of imidazole rings is 1. The monoisotopic (exact) mass is 275 g/mol. The Labute approximate surface area is 111 Å². The van der Waals surface area contributed by atoms with Crippen LogP contribution in [0.4, 0.5) is 11.6 Å². The van der Waals surface area contributed by atoms with Gasteiger partial charge in [-0.15, -0.1) is 0 Å². The van der Waals surface area contributed by atoms with Gasteiger partial charge in [0.25, 0.3) is 4.96 Å². The van der Waals surface area contributed by atoms with Gasteiger partial charge in [-0.3, -0.25) is 4.98 Å². The van der Waals surface area contributed by atoms with Crippen LogP contribution < -0.4 is 5.32 Å². The maximum atomic E-state index is 11.1. The van der Waals surface area contributed by atoms with E-state index in [9.17, 15) is 10.1 Å². The number of hydrogen-bond acceptors (Lipinski definition) is 6. The molecule has 0 fully saturated rings. The second kappa shape index (κ2) is 4.65. The van der Waals surface area contributed by atoms with Crippen molar-refractivity contribution >= 4 is 27.9 Å². The lowest BCUT2D eigenvalue weighted by Crippen LogP contribution is -2.03. The van der Waals surface area contributed by atoms with Crippen molar-refractivity contribution in [3.8, 4) is 0 Å². The van der Waals surface area contributed by atoms with Gasteiger partial charge in [-0.05, 0) is 22.6 Å². The van der Waals surface area contributed by atoms with Crippen molar-refractivity contribution in [2.24, 2.45) is 0 Å². The smallest absolute Gasteiger partial charge is 0.359 e. The fraction of sp³-hybridized carbons (Fsp3) is 0.0909. The van der Waals surface area contributed by atoms with Gasteiger partial charge >= 0.3 is 5.82 Å². The molecule has 0 aromatic carbocycles. The summed E-state index contributed by atoms with van der Waals surface area (Å²) in [6.45, 7) is 0.466. The van der Waals surface area contributed by atoms with E-state index in [0.29, 0.717) is 11.5 Å². The van der Waals surface area contributed by atoms with Crippen LogP contribution in [-0.2, 0) is 6.54 Å². The highest BCUT2D eigenvalue weighted by Gasteiger charge is 2.23. The summed E-state index contributed by atoms with van der Waals surface area (Å²) in [5.41, 5.74) is 0.987. The average molecular weight is 275 g/mol. The minimum absolute atomic E-state index is 0.0368. The molecular weight excluding hydrogens is 266 g/mol. The van der Waals surface area contributed by atoms with Crippen LogP contribution >= 0.6 is 11.3 Å². The van der Waals surface area contributed by atoms with Crippen LogP contribution in [0.2, 0.25) is 0 Å². The van der Waals surface area contributed by atoms with Crippen LogP contribution in [-0.4, -0.2) is 19.3 Å². The number of fused-ring (bicyclic) bond motifs is 1. The number of nitro groups is 1. The summed E-state index contributed by atoms with van der Waals surface area (Å²) in [5.74, 6) is 0.249. The van der Waals surface area contributed by atoms with E-state index in [1.54, 1.807) is 24.0 Å². The van der Waals surface area contributed by atoms with Crippen LogP contribution in [0.3, 0.4) is 0 Å². The highest BCUT2D eigenvalue weighted by molar-refractivity contribution is 7.15. The molecule has 3 aromatic heterocycles. The largest absolute Gasteiger partial charge is 0.372 e. The molecule has 3 aromatic rings. The second-order valence-corrected chi connectivity index (χ2v) is 4.68. The zero-order valence-corrected chi connectivity index (χ0v) is 10.5. The number of hydrogen-bond donors (Lipinski definition) is 1. The fourth-order valence-corrected chi connectivity index (χ4v) is 2.46. The number of anilines is 1. The third-order valence-electron chi connectivity index (χ3n) is 2.62. The Bertz CT molecular complexity index is 721. The Morgan fingerprint density at radius 1 is 1.42 bits per heavy atom. The summed E-state index contributed by atoms with van der Waals surface area (Å²) < 4.78 is 1.47. The van der Waals surface area contributed by atoms with Crippen LogP contribution in [0.25, 0.3) is 4.96 Å². The van der Waals surface area contributed by atoms with Crippen molar-refractivity contribution in [3.63, 3.8) is 0 Å². The van der Waals surface area contributed by atoms with Gasteiger partial charge in [0.15, 0.2) is 0 Å². The number of aromatic nitrogens is 3. The normalized spacial score (nSPS) is 10.7. The van der Waals surface area contributed by atoms with Crippen LogP contribution in [0, 0.1) is 10.1 Å². The predicted molar refractivity (Wildman–Crippen MR) is 71.3 cm³/mol. The molecule has 3 heterocycles.